The molecule has 1 saturated heterocycles. The molecule has 2 amide bonds. The van der Waals surface area contributed by atoms with E-state index in [0.717, 1.165) is 5.56 Å². The van der Waals surface area contributed by atoms with Gasteiger partial charge in [-0.25, -0.2) is 5.06 Å². The number of hydrogen-bond donors (Lipinski definition) is 2. The molecular weight excluding hydrogens is 220 g/mol. The predicted octanol–water partition coefficient (Wildman–Crippen LogP) is 0.334. The van der Waals surface area contributed by atoms with Crippen LogP contribution in [0.15, 0.2) is 30.3 Å². The Kier molecular flexibility index (Phi) is 3.10. The van der Waals surface area contributed by atoms with Crippen molar-refractivity contribution in [3.63, 3.8) is 0 Å². The minimum absolute atomic E-state index is 0.213. The first-order valence-electron chi connectivity index (χ1n) is 5.45. The Bertz CT molecular complexity index is 433. The van der Waals surface area contributed by atoms with Crippen LogP contribution in [-0.2, 0) is 16.0 Å². The topological polar surface area (TPSA) is 69.6 Å². The van der Waals surface area contributed by atoms with Gasteiger partial charge in [0.1, 0.15) is 6.04 Å². The number of hydroxylamine groups is 2. The molecule has 2 atom stereocenters. The number of amides is 2. The van der Waals surface area contributed by atoms with Crippen molar-refractivity contribution in [2.24, 2.45) is 0 Å². The highest BCUT2D eigenvalue weighted by molar-refractivity contribution is 5.92. The molecule has 1 heterocycles. The number of benzene rings is 1. The number of carbonyl (C=O) groups is 2. The molecule has 2 N–H and O–H groups in total. The van der Waals surface area contributed by atoms with E-state index in [0.29, 0.717) is 5.06 Å². The van der Waals surface area contributed by atoms with Gasteiger partial charge in [-0.2, -0.15) is 0 Å². The second kappa shape index (κ2) is 4.55. The Labute approximate surface area is 99.0 Å². The first-order valence-corrected chi connectivity index (χ1v) is 5.45. The average molecular weight is 234 g/mol. The van der Waals surface area contributed by atoms with E-state index in [1.807, 2.05) is 30.3 Å². The summed E-state index contributed by atoms with van der Waals surface area (Å²) in [6.45, 7) is 1.68. The van der Waals surface area contributed by atoms with Crippen molar-refractivity contribution < 1.29 is 14.8 Å². The number of nitrogens with zero attached hydrogens (tertiary/aromatic N) is 1. The third-order valence-electron chi connectivity index (χ3n) is 2.88. The lowest BCUT2D eigenvalue weighted by atomic mass is 10.00. The van der Waals surface area contributed by atoms with E-state index in [1.165, 1.54) is 0 Å². The summed E-state index contributed by atoms with van der Waals surface area (Å²) in [6, 6.07) is 8.33. The molecule has 5 heteroatoms. The molecule has 0 aliphatic carbocycles. The SMILES string of the molecule is CC1C(NC(=O)Cc2ccccc2)C(=O)N1O. The van der Waals surface area contributed by atoms with Gasteiger partial charge in [-0.05, 0) is 12.5 Å². The molecule has 90 valence electrons. The average Bonchev–Trinajstić information content (AvgIpc) is 2.36. The molecule has 2 unspecified atom stereocenters. The normalized spacial score (nSPS) is 23.2. The van der Waals surface area contributed by atoms with Crippen molar-refractivity contribution in [3.8, 4) is 0 Å². The van der Waals surface area contributed by atoms with Gasteiger partial charge in [0.2, 0.25) is 5.91 Å². The molecule has 0 aromatic heterocycles. The Hall–Kier alpha value is -1.88. The van der Waals surface area contributed by atoms with Crippen LogP contribution in [0.4, 0.5) is 0 Å². The minimum Gasteiger partial charge on any atom is -0.342 e. The van der Waals surface area contributed by atoms with Gasteiger partial charge in [0.05, 0.1) is 12.5 Å². The van der Waals surface area contributed by atoms with Crippen LogP contribution in [-0.4, -0.2) is 34.2 Å². The zero-order valence-corrected chi connectivity index (χ0v) is 9.46. The molecule has 1 fully saturated rings. The van der Waals surface area contributed by atoms with E-state index in [-0.39, 0.29) is 18.4 Å². The van der Waals surface area contributed by atoms with Crippen LogP contribution in [0.1, 0.15) is 12.5 Å². The molecule has 0 saturated carbocycles. The zero-order valence-electron chi connectivity index (χ0n) is 9.46. The highest BCUT2D eigenvalue weighted by atomic mass is 16.5. The van der Waals surface area contributed by atoms with Crippen molar-refractivity contribution >= 4 is 11.8 Å². The van der Waals surface area contributed by atoms with Gasteiger partial charge in [-0.15, -0.1) is 0 Å². The summed E-state index contributed by atoms with van der Waals surface area (Å²) < 4.78 is 0. The summed E-state index contributed by atoms with van der Waals surface area (Å²) in [5.74, 6) is -0.673. The first kappa shape index (κ1) is 11.6. The summed E-state index contributed by atoms with van der Waals surface area (Å²) in [4.78, 5) is 22.9. The van der Waals surface area contributed by atoms with Crippen molar-refractivity contribution in [3.05, 3.63) is 35.9 Å². The Morgan fingerprint density at radius 1 is 1.41 bits per heavy atom. The highest BCUT2D eigenvalue weighted by Crippen LogP contribution is 2.16. The number of rotatable bonds is 3. The Morgan fingerprint density at radius 2 is 2.06 bits per heavy atom. The van der Waals surface area contributed by atoms with Gasteiger partial charge < -0.3 is 5.32 Å². The maximum atomic E-state index is 11.6. The van der Waals surface area contributed by atoms with Crippen LogP contribution in [0.5, 0.6) is 0 Å². The van der Waals surface area contributed by atoms with Crippen LogP contribution < -0.4 is 5.32 Å². The molecule has 5 nitrogen and oxygen atoms in total. The molecule has 1 aliphatic heterocycles. The maximum Gasteiger partial charge on any atom is 0.271 e. The second-order valence-corrected chi connectivity index (χ2v) is 4.13. The van der Waals surface area contributed by atoms with Crippen LogP contribution >= 0.6 is 0 Å². The third-order valence-corrected chi connectivity index (χ3v) is 2.88. The van der Waals surface area contributed by atoms with Crippen LogP contribution in [0.3, 0.4) is 0 Å². The van der Waals surface area contributed by atoms with E-state index in [1.54, 1.807) is 6.92 Å². The van der Waals surface area contributed by atoms with Crippen molar-refractivity contribution in [1.29, 1.82) is 0 Å². The minimum atomic E-state index is -0.601. The number of carbonyl (C=O) groups excluding carboxylic acids is 2. The molecule has 17 heavy (non-hydrogen) atoms. The Morgan fingerprint density at radius 3 is 2.65 bits per heavy atom. The third kappa shape index (κ3) is 2.29. The lowest BCUT2D eigenvalue weighted by molar-refractivity contribution is -0.207. The van der Waals surface area contributed by atoms with Gasteiger partial charge in [-0.1, -0.05) is 30.3 Å². The molecular formula is C12H14N2O3. The van der Waals surface area contributed by atoms with E-state index < -0.39 is 11.9 Å². The lowest BCUT2D eigenvalue weighted by Crippen LogP contribution is -2.68. The summed E-state index contributed by atoms with van der Waals surface area (Å²) >= 11 is 0. The van der Waals surface area contributed by atoms with Gasteiger partial charge in [0, 0.05) is 0 Å². The fourth-order valence-corrected chi connectivity index (χ4v) is 1.80. The number of nitrogens with one attached hydrogen (secondary N) is 1. The molecule has 0 bridgehead atoms. The van der Waals surface area contributed by atoms with Crippen molar-refractivity contribution in [2.75, 3.05) is 0 Å². The summed E-state index contributed by atoms with van der Waals surface area (Å²) in [5.41, 5.74) is 0.894. The van der Waals surface area contributed by atoms with Crippen LogP contribution in [0.2, 0.25) is 0 Å². The Balaban J connectivity index is 1.89. The second-order valence-electron chi connectivity index (χ2n) is 4.13. The number of β-lactam (4-membered cyclic amide) rings is 1. The van der Waals surface area contributed by atoms with E-state index >= 15 is 0 Å². The quantitative estimate of drug-likeness (QED) is 0.585. The fraction of sp³-hybridized carbons (Fsp3) is 0.333. The van der Waals surface area contributed by atoms with Gasteiger partial charge in [0.15, 0.2) is 0 Å². The van der Waals surface area contributed by atoms with Gasteiger partial charge in [-0.3, -0.25) is 14.8 Å². The molecule has 1 aliphatic rings. The smallest absolute Gasteiger partial charge is 0.271 e. The van der Waals surface area contributed by atoms with Crippen molar-refractivity contribution in [1.82, 2.24) is 10.4 Å². The van der Waals surface area contributed by atoms with Crippen LogP contribution in [0, 0.1) is 0 Å². The first-order chi connectivity index (χ1) is 8.09. The monoisotopic (exact) mass is 234 g/mol. The summed E-state index contributed by atoms with van der Waals surface area (Å²) in [7, 11) is 0. The summed E-state index contributed by atoms with van der Waals surface area (Å²) in [5, 5.41) is 12.3. The number of hydrogen-bond acceptors (Lipinski definition) is 3. The van der Waals surface area contributed by atoms with Crippen molar-refractivity contribution in [2.45, 2.75) is 25.4 Å². The maximum absolute atomic E-state index is 11.6. The fourth-order valence-electron chi connectivity index (χ4n) is 1.80. The van der Waals surface area contributed by atoms with Gasteiger partial charge >= 0.3 is 0 Å². The standard InChI is InChI=1S/C12H14N2O3/c1-8-11(12(16)14(8)17)13-10(15)7-9-5-3-2-4-6-9/h2-6,8,11,17H,7H2,1H3,(H,13,15). The van der Waals surface area contributed by atoms with Crippen LogP contribution in [0.25, 0.3) is 0 Å². The molecule has 2 rings (SSSR count). The molecule has 1 aromatic carbocycles. The predicted molar refractivity (Wildman–Crippen MR) is 60.2 cm³/mol. The molecule has 0 radical (unpaired) electrons. The zero-order chi connectivity index (χ0) is 12.4. The lowest BCUT2D eigenvalue weighted by Gasteiger charge is -2.40. The molecule has 1 aromatic rings. The largest absolute Gasteiger partial charge is 0.342 e. The summed E-state index contributed by atoms with van der Waals surface area (Å²) in [6.07, 6.45) is 0.239. The van der Waals surface area contributed by atoms with Gasteiger partial charge in [0.25, 0.3) is 5.91 Å². The van der Waals surface area contributed by atoms with E-state index in [2.05, 4.69) is 5.32 Å². The molecule has 0 spiro atoms. The highest BCUT2D eigenvalue weighted by Gasteiger charge is 2.44. The van der Waals surface area contributed by atoms with E-state index in [4.69, 9.17) is 5.21 Å². The van der Waals surface area contributed by atoms with E-state index in [9.17, 15) is 9.59 Å².